The molecule has 2 aliphatic heterocycles. The van der Waals surface area contributed by atoms with Crippen LogP contribution in [0.15, 0.2) is 0 Å². The molecule has 0 saturated carbocycles. The van der Waals surface area contributed by atoms with Gasteiger partial charge in [0.2, 0.25) is 0 Å². The van der Waals surface area contributed by atoms with Gasteiger partial charge in [0.25, 0.3) is 0 Å². The second kappa shape index (κ2) is 7.64. The van der Waals surface area contributed by atoms with E-state index in [-0.39, 0.29) is 6.10 Å². The maximum absolute atomic E-state index is 9.27. The predicted molar refractivity (Wildman–Crippen MR) is 81.3 cm³/mol. The standard InChI is InChI=1S/C17H33NO/c1-3-7-15-10-12-17-13-11-16(18(15)17)9-6-4-5-8-14(2)19/h14-17,19H,3-13H2,1-2H3/t14-,15-,16+,17+/m0/s1. The molecular formula is C17H33NO. The maximum atomic E-state index is 9.27. The van der Waals surface area contributed by atoms with Gasteiger partial charge in [-0.3, -0.25) is 4.90 Å². The van der Waals surface area contributed by atoms with Crippen molar-refractivity contribution in [3.8, 4) is 0 Å². The summed E-state index contributed by atoms with van der Waals surface area (Å²) in [6, 6.07) is 2.72. The van der Waals surface area contributed by atoms with Crippen LogP contribution in [0.4, 0.5) is 0 Å². The molecule has 2 aliphatic rings. The van der Waals surface area contributed by atoms with E-state index in [1.54, 1.807) is 0 Å². The van der Waals surface area contributed by atoms with E-state index >= 15 is 0 Å². The van der Waals surface area contributed by atoms with E-state index in [4.69, 9.17) is 0 Å². The first-order chi connectivity index (χ1) is 9.22. The second-order valence-electron chi connectivity index (χ2n) is 6.84. The number of fused-ring (bicyclic) bond motifs is 1. The normalized spacial score (nSPS) is 32.7. The van der Waals surface area contributed by atoms with E-state index in [9.17, 15) is 5.11 Å². The lowest BCUT2D eigenvalue weighted by Crippen LogP contribution is -2.38. The van der Waals surface area contributed by atoms with E-state index in [1.807, 2.05) is 6.92 Å². The molecule has 2 heterocycles. The van der Waals surface area contributed by atoms with Crippen molar-refractivity contribution >= 4 is 0 Å². The summed E-state index contributed by atoms with van der Waals surface area (Å²) in [5.74, 6) is 0. The fourth-order valence-corrected chi connectivity index (χ4v) is 4.32. The van der Waals surface area contributed by atoms with E-state index < -0.39 is 0 Å². The van der Waals surface area contributed by atoms with Crippen LogP contribution in [0.25, 0.3) is 0 Å². The first-order valence-electron chi connectivity index (χ1n) is 8.67. The molecule has 0 aromatic heterocycles. The quantitative estimate of drug-likeness (QED) is 0.669. The molecule has 0 aromatic carbocycles. The maximum Gasteiger partial charge on any atom is 0.0512 e. The van der Waals surface area contributed by atoms with E-state index in [0.717, 1.165) is 24.5 Å². The molecule has 1 N–H and O–H groups in total. The highest BCUT2D eigenvalue weighted by Gasteiger charge is 2.41. The molecule has 19 heavy (non-hydrogen) atoms. The molecule has 2 heteroatoms. The summed E-state index contributed by atoms with van der Waals surface area (Å²) in [7, 11) is 0. The lowest BCUT2D eigenvalue weighted by atomic mass is 10.0. The number of aliphatic hydroxyl groups is 1. The SMILES string of the molecule is CCC[C@H]1CC[C@@H]2CC[C@@H](CCCCC[C@H](C)O)N21. The zero-order valence-electron chi connectivity index (χ0n) is 13.0. The summed E-state index contributed by atoms with van der Waals surface area (Å²) in [4.78, 5) is 2.90. The minimum Gasteiger partial charge on any atom is -0.393 e. The summed E-state index contributed by atoms with van der Waals surface area (Å²) < 4.78 is 0. The molecule has 2 nitrogen and oxygen atoms in total. The lowest BCUT2D eigenvalue weighted by Gasteiger charge is -2.30. The van der Waals surface area contributed by atoms with Crippen molar-refractivity contribution in [2.24, 2.45) is 0 Å². The highest BCUT2D eigenvalue weighted by atomic mass is 16.3. The second-order valence-corrected chi connectivity index (χ2v) is 6.84. The number of unbranched alkanes of at least 4 members (excludes halogenated alkanes) is 2. The van der Waals surface area contributed by atoms with Gasteiger partial charge in [-0.15, -0.1) is 0 Å². The minimum atomic E-state index is -0.108. The lowest BCUT2D eigenvalue weighted by molar-refractivity contribution is 0.160. The molecule has 0 radical (unpaired) electrons. The molecule has 2 rings (SSSR count). The van der Waals surface area contributed by atoms with Crippen LogP contribution in [0.2, 0.25) is 0 Å². The number of aliphatic hydroxyl groups excluding tert-OH is 1. The molecule has 0 spiro atoms. The van der Waals surface area contributed by atoms with Gasteiger partial charge in [0, 0.05) is 18.1 Å². The van der Waals surface area contributed by atoms with Gasteiger partial charge in [0.15, 0.2) is 0 Å². The fraction of sp³-hybridized carbons (Fsp3) is 1.00. The molecule has 0 amide bonds. The van der Waals surface area contributed by atoms with Crippen molar-refractivity contribution in [2.75, 3.05) is 0 Å². The van der Waals surface area contributed by atoms with Crippen LogP contribution >= 0.6 is 0 Å². The minimum absolute atomic E-state index is 0.108. The van der Waals surface area contributed by atoms with E-state index in [1.165, 1.54) is 64.2 Å². The van der Waals surface area contributed by atoms with Crippen LogP contribution in [0.1, 0.15) is 84.5 Å². The first-order valence-corrected chi connectivity index (χ1v) is 8.67. The van der Waals surface area contributed by atoms with Gasteiger partial charge in [0.1, 0.15) is 0 Å². The topological polar surface area (TPSA) is 23.5 Å². The third-order valence-electron chi connectivity index (χ3n) is 5.21. The Morgan fingerprint density at radius 2 is 1.68 bits per heavy atom. The van der Waals surface area contributed by atoms with Crippen molar-refractivity contribution in [3.05, 3.63) is 0 Å². The van der Waals surface area contributed by atoms with Crippen molar-refractivity contribution in [2.45, 2.75) is 109 Å². The third-order valence-corrected chi connectivity index (χ3v) is 5.21. The monoisotopic (exact) mass is 267 g/mol. The highest BCUT2D eigenvalue weighted by molar-refractivity contribution is 4.96. The number of hydrogen-bond donors (Lipinski definition) is 1. The summed E-state index contributed by atoms with van der Waals surface area (Å²) in [6.45, 7) is 4.23. The Morgan fingerprint density at radius 3 is 2.32 bits per heavy atom. The van der Waals surface area contributed by atoms with Crippen LogP contribution in [-0.2, 0) is 0 Å². The van der Waals surface area contributed by atoms with Crippen molar-refractivity contribution < 1.29 is 5.11 Å². The Balaban J connectivity index is 1.68. The Kier molecular flexibility index (Phi) is 6.15. The zero-order valence-corrected chi connectivity index (χ0v) is 13.0. The number of rotatable bonds is 8. The largest absolute Gasteiger partial charge is 0.393 e. The molecule has 4 atom stereocenters. The Bertz CT molecular complexity index is 252. The summed E-state index contributed by atoms with van der Waals surface area (Å²) in [5, 5.41) is 9.27. The third kappa shape index (κ3) is 4.19. The first kappa shape index (κ1) is 15.3. The van der Waals surface area contributed by atoms with Gasteiger partial charge in [0.05, 0.1) is 6.10 Å². The van der Waals surface area contributed by atoms with Gasteiger partial charge < -0.3 is 5.11 Å². The highest BCUT2D eigenvalue weighted by Crippen LogP contribution is 2.39. The van der Waals surface area contributed by atoms with Crippen LogP contribution in [0.3, 0.4) is 0 Å². The van der Waals surface area contributed by atoms with Crippen LogP contribution < -0.4 is 0 Å². The van der Waals surface area contributed by atoms with Crippen LogP contribution in [0.5, 0.6) is 0 Å². The molecule has 0 aromatic rings. The van der Waals surface area contributed by atoms with Crippen molar-refractivity contribution in [3.63, 3.8) is 0 Å². The van der Waals surface area contributed by atoms with Crippen molar-refractivity contribution in [1.29, 1.82) is 0 Å². The Labute approximate surface area is 119 Å². The van der Waals surface area contributed by atoms with E-state index in [2.05, 4.69) is 11.8 Å². The van der Waals surface area contributed by atoms with E-state index in [0.29, 0.717) is 0 Å². The molecule has 2 saturated heterocycles. The molecule has 0 aliphatic carbocycles. The van der Waals surface area contributed by atoms with Gasteiger partial charge in [-0.25, -0.2) is 0 Å². The van der Waals surface area contributed by atoms with Crippen LogP contribution in [-0.4, -0.2) is 34.2 Å². The molecule has 0 bridgehead atoms. The molecule has 0 unspecified atom stereocenters. The number of hydrogen-bond acceptors (Lipinski definition) is 2. The predicted octanol–water partition coefficient (Wildman–Crippen LogP) is 4.11. The van der Waals surface area contributed by atoms with Gasteiger partial charge in [-0.05, 0) is 51.9 Å². The average molecular weight is 267 g/mol. The summed E-state index contributed by atoms with van der Waals surface area (Å²) in [5.41, 5.74) is 0. The Morgan fingerprint density at radius 1 is 1.00 bits per heavy atom. The van der Waals surface area contributed by atoms with Crippen LogP contribution in [0, 0.1) is 0 Å². The molecule has 2 fully saturated rings. The molecule has 112 valence electrons. The summed E-state index contributed by atoms with van der Waals surface area (Å²) in [6.07, 6.45) is 14.7. The van der Waals surface area contributed by atoms with Gasteiger partial charge >= 0.3 is 0 Å². The molecular weight excluding hydrogens is 234 g/mol. The average Bonchev–Trinajstić information content (AvgIpc) is 2.93. The number of nitrogens with zero attached hydrogens (tertiary/aromatic N) is 1. The van der Waals surface area contributed by atoms with Gasteiger partial charge in [-0.1, -0.05) is 32.6 Å². The fourth-order valence-electron chi connectivity index (χ4n) is 4.32. The van der Waals surface area contributed by atoms with Crippen molar-refractivity contribution in [1.82, 2.24) is 4.90 Å². The smallest absolute Gasteiger partial charge is 0.0512 e. The Hall–Kier alpha value is -0.0800. The van der Waals surface area contributed by atoms with Gasteiger partial charge in [-0.2, -0.15) is 0 Å². The summed E-state index contributed by atoms with van der Waals surface area (Å²) >= 11 is 0. The zero-order chi connectivity index (χ0) is 13.7.